The molecule has 1 fully saturated rings. The Morgan fingerprint density at radius 3 is 2.77 bits per heavy atom. The molecule has 0 radical (unpaired) electrons. The maximum atomic E-state index is 12.9. The van der Waals surface area contributed by atoms with Crippen molar-refractivity contribution in [1.82, 2.24) is 20.8 Å². The molecule has 35 heavy (non-hydrogen) atoms. The number of halogens is 3. The summed E-state index contributed by atoms with van der Waals surface area (Å²) in [6.45, 7) is 0. The number of thioether (sulfide) groups is 1. The standard InChI is InChI=1S/C23H23F3N6O2S/c1-34-17-7-5-14(6-8-17)18-12-19-21-28-29-22(31(21)9-10-32(19)30-18)35-13-20(33)27-16-4-2-3-15(11-16)23(24,25)26/h2-11,18-19,21,28,30H,12-13H2,1H3,(H,27,33). The number of fused-ring (bicyclic) bond motifs is 3. The molecule has 1 amide bonds. The highest BCUT2D eigenvalue weighted by molar-refractivity contribution is 8.14. The van der Waals surface area contributed by atoms with E-state index in [4.69, 9.17) is 4.74 Å². The van der Waals surface area contributed by atoms with Gasteiger partial charge >= 0.3 is 6.18 Å². The summed E-state index contributed by atoms with van der Waals surface area (Å²) in [4.78, 5) is 14.3. The molecule has 0 aliphatic carbocycles. The molecular formula is C23H23F3N6O2S. The Hall–Kier alpha value is -3.38. The van der Waals surface area contributed by atoms with Gasteiger partial charge < -0.3 is 20.0 Å². The third kappa shape index (κ3) is 4.89. The molecule has 8 nitrogen and oxygen atoms in total. The number of carbonyl (C=O) groups is 1. The van der Waals surface area contributed by atoms with Crippen molar-refractivity contribution in [3.8, 4) is 5.75 Å². The fraction of sp³-hybridized carbons (Fsp3) is 0.304. The number of alkyl halides is 3. The molecule has 0 saturated carbocycles. The number of carbonyl (C=O) groups excluding carboxylic acids is 1. The second kappa shape index (κ2) is 9.34. The zero-order valence-corrected chi connectivity index (χ0v) is 19.4. The third-order valence-corrected chi connectivity index (χ3v) is 7.00. The average Bonchev–Trinajstić information content (AvgIpc) is 3.46. The van der Waals surface area contributed by atoms with Gasteiger partial charge in [0.15, 0.2) is 5.17 Å². The van der Waals surface area contributed by atoms with E-state index >= 15 is 0 Å². The number of hydrazine groups is 1. The van der Waals surface area contributed by atoms with Crippen LogP contribution in [0, 0.1) is 0 Å². The predicted molar refractivity (Wildman–Crippen MR) is 127 cm³/mol. The van der Waals surface area contributed by atoms with Crippen molar-refractivity contribution in [2.45, 2.75) is 30.8 Å². The molecule has 1 saturated heterocycles. The van der Waals surface area contributed by atoms with Gasteiger partial charge in [-0.25, -0.2) is 5.43 Å². The average molecular weight is 505 g/mol. The second-order valence-electron chi connectivity index (χ2n) is 8.25. The maximum Gasteiger partial charge on any atom is 0.416 e. The van der Waals surface area contributed by atoms with E-state index in [1.54, 1.807) is 7.11 Å². The van der Waals surface area contributed by atoms with E-state index in [9.17, 15) is 18.0 Å². The number of amidine groups is 1. The minimum Gasteiger partial charge on any atom is -0.497 e. The van der Waals surface area contributed by atoms with Gasteiger partial charge in [-0.1, -0.05) is 30.0 Å². The van der Waals surface area contributed by atoms with Crippen LogP contribution in [0.1, 0.15) is 23.6 Å². The smallest absolute Gasteiger partial charge is 0.416 e. The quantitative estimate of drug-likeness (QED) is 0.573. The first kappa shape index (κ1) is 23.4. The number of benzene rings is 2. The van der Waals surface area contributed by atoms with Gasteiger partial charge in [-0.3, -0.25) is 10.2 Å². The molecule has 0 spiro atoms. The minimum absolute atomic E-state index is 0.00885. The predicted octanol–water partition coefficient (Wildman–Crippen LogP) is 3.69. The van der Waals surface area contributed by atoms with E-state index in [1.165, 1.54) is 23.9 Å². The zero-order valence-electron chi connectivity index (χ0n) is 18.6. The number of nitrogens with one attached hydrogen (secondary N) is 3. The summed E-state index contributed by atoms with van der Waals surface area (Å²) >= 11 is 1.22. The van der Waals surface area contributed by atoms with Crippen molar-refractivity contribution < 1.29 is 22.7 Å². The van der Waals surface area contributed by atoms with Crippen molar-refractivity contribution in [3.63, 3.8) is 0 Å². The van der Waals surface area contributed by atoms with Crippen molar-refractivity contribution in [2.75, 3.05) is 18.2 Å². The number of hydrogen-bond acceptors (Lipinski definition) is 8. The molecular weight excluding hydrogens is 481 g/mol. The minimum atomic E-state index is -4.47. The molecule has 12 heteroatoms. The summed E-state index contributed by atoms with van der Waals surface area (Å²) in [5.41, 5.74) is 7.10. The van der Waals surface area contributed by atoms with Gasteiger partial charge in [0.2, 0.25) is 5.91 Å². The first-order valence-electron chi connectivity index (χ1n) is 10.9. The van der Waals surface area contributed by atoms with E-state index in [2.05, 4.69) is 26.3 Å². The maximum absolute atomic E-state index is 12.9. The highest BCUT2D eigenvalue weighted by Gasteiger charge is 2.44. The summed E-state index contributed by atoms with van der Waals surface area (Å²) < 4.78 is 43.9. The van der Waals surface area contributed by atoms with Crippen LogP contribution in [0.25, 0.3) is 0 Å². The van der Waals surface area contributed by atoms with Gasteiger partial charge in [-0.15, -0.1) is 0 Å². The number of hydrazone groups is 1. The van der Waals surface area contributed by atoms with E-state index in [1.807, 2.05) is 41.6 Å². The van der Waals surface area contributed by atoms with Crippen LogP contribution in [0.4, 0.5) is 18.9 Å². The highest BCUT2D eigenvalue weighted by atomic mass is 32.2. The second-order valence-corrected chi connectivity index (χ2v) is 9.20. The van der Waals surface area contributed by atoms with Crippen molar-refractivity contribution >= 4 is 28.5 Å². The summed E-state index contributed by atoms with van der Waals surface area (Å²) in [6, 6.07) is 12.8. The van der Waals surface area contributed by atoms with Crippen LogP contribution in [0.15, 0.2) is 66.0 Å². The van der Waals surface area contributed by atoms with Crippen LogP contribution in [-0.2, 0) is 11.0 Å². The van der Waals surface area contributed by atoms with Crippen molar-refractivity contribution in [2.24, 2.45) is 5.10 Å². The number of nitrogens with zero attached hydrogens (tertiary/aromatic N) is 3. The van der Waals surface area contributed by atoms with E-state index < -0.39 is 17.6 Å². The van der Waals surface area contributed by atoms with Gasteiger partial charge in [-0.2, -0.15) is 18.3 Å². The lowest BCUT2D eigenvalue weighted by molar-refractivity contribution is -0.137. The molecule has 3 aliphatic rings. The molecule has 0 aromatic heterocycles. The largest absolute Gasteiger partial charge is 0.497 e. The van der Waals surface area contributed by atoms with Gasteiger partial charge in [-0.05, 0) is 42.3 Å². The van der Waals surface area contributed by atoms with Crippen LogP contribution < -0.4 is 20.9 Å². The Morgan fingerprint density at radius 1 is 1.23 bits per heavy atom. The lowest BCUT2D eigenvalue weighted by atomic mass is 10.00. The zero-order chi connectivity index (χ0) is 24.6. The Labute approximate surface area is 204 Å². The number of methoxy groups -OCH3 is 1. The van der Waals surface area contributed by atoms with E-state index in [0.29, 0.717) is 5.17 Å². The number of hydrogen-bond donors (Lipinski definition) is 3. The monoisotopic (exact) mass is 504 g/mol. The normalized spacial score (nSPS) is 22.9. The van der Waals surface area contributed by atoms with Crippen molar-refractivity contribution in [1.29, 1.82) is 0 Å². The number of anilines is 1. The van der Waals surface area contributed by atoms with Crippen LogP contribution in [0.3, 0.4) is 0 Å². The molecule has 5 rings (SSSR count). The fourth-order valence-electron chi connectivity index (χ4n) is 4.30. The van der Waals surface area contributed by atoms with E-state index in [-0.39, 0.29) is 29.7 Å². The number of ether oxygens (including phenoxy) is 1. The van der Waals surface area contributed by atoms with Gasteiger partial charge in [0.05, 0.1) is 30.5 Å². The fourth-order valence-corrected chi connectivity index (χ4v) is 5.08. The molecule has 3 atom stereocenters. The molecule has 3 heterocycles. The Morgan fingerprint density at radius 2 is 2.03 bits per heavy atom. The molecule has 2 aromatic carbocycles. The van der Waals surface area contributed by atoms with Gasteiger partial charge in [0, 0.05) is 18.1 Å². The summed E-state index contributed by atoms with van der Waals surface area (Å²) in [5.74, 6) is 0.403. The van der Waals surface area contributed by atoms with E-state index in [0.717, 1.165) is 29.9 Å². The van der Waals surface area contributed by atoms with Gasteiger partial charge in [0.1, 0.15) is 11.9 Å². The summed E-state index contributed by atoms with van der Waals surface area (Å²) in [5, 5.41) is 9.60. The van der Waals surface area contributed by atoms with Crippen LogP contribution in [0.2, 0.25) is 0 Å². The SMILES string of the molecule is COc1ccc(C2CC3C4NN=C(SCC(=O)Nc5cccc(C(F)(F)F)c5)N4C=CN3N2)cc1. The molecule has 3 aliphatic heterocycles. The Balaban J connectivity index is 1.16. The lowest BCUT2D eigenvalue weighted by Crippen LogP contribution is -2.54. The third-order valence-electron chi connectivity index (χ3n) is 6.03. The first-order chi connectivity index (χ1) is 16.8. The van der Waals surface area contributed by atoms with Crippen LogP contribution in [-0.4, -0.2) is 46.1 Å². The topological polar surface area (TPSA) is 81.2 Å². The van der Waals surface area contributed by atoms with Crippen LogP contribution >= 0.6 is 11.8 Å². The van der Waals surface area contributed by atoms with Gasteiger partial charge in [0.25, 0.3) is 0 Å². The van der Waals surface area contributed by atoms with Crippen LogP contribution in [0.5, 0.6) is 5.75 Å². The number of amides is 1. The molecule has 0 bridgehead atoms. The molecule has 2 aromatic rings. The highest BCUT2D eigenvalue weighted by Crippen LogP contribution is 2.35. The lowest BCUT2D eigenvalue weighted by Gasteiger charge is -2.36. The Bertz CT molecular complexity index is 1160. The Kier molecular flexibility index (Phi) is 6.24. The van der Waals surface area contributed by atoms with Crippen molar-refractivity contribution in [3.05, 3.63) is 72.1 Å². The number of rotatable bonds is 5. The first-order valence-corrected chi connectivity index (χ1v) is 11.9. The molecule has 184 valence electrons. The summed E-state index contributed by atoms with van der Waals surface area (Å²) in [7, 11) is 1.64. The molecule has 3 N–H and O–H groups in total. The molecule has 3 unspecified atom stereocenters. The summed E-state index contributed by atoms with van der Waals surface area (Å²) in [6.07, 6.45) is 0.0983.